The number of guanidine groups is 1. The minimum absolute atomic E-state index is 0.0690. The molecule has 2 rings (SSSR count). The molecule has 30 heavy (non-hydrogen) atoms. The lowest BCUT2D eigenvalue weighted by Gasteiger charge is -2.15. The average Bonchev–Trinajstić information content (AvgIpc) is 2.73. The lowest BCUT2D eigenvalue weighted by molar-refractivity contribution is -0.114. The summed E-state index contributed by atoms with van der Waals surface area (Å²) in [5.41, 5.74) is 1.99. The summed E-state index contributed by atoms with van der Waals surface area (Å²) in [5.74, 6) is 2.22. The van der Waals surface area contributed by atoms with Crippen LogP contribution in [0.4, 0.5) is 5.69 Å². The highest BCUT2D eigenvalue weighted by molar-refractivity contribution is 5.88. The number of benzene rings is 2. The highest BCUT2D eigenvalue weighted by Gasteiger charge is 2.06. The lowest BCUT2D eigenvalue weighted by atomic mass is 10.1. The first kappa shape index (κ1) is 23.1. The maximum atomic E-state index is 11.1. The number of carbonyl (C=O) groups excluding carboxylic acids is 1. The predicted molar refractivity (Wildman–Crippen MR) is 122 cm³/mol. The molecule has 2 aromatic rings. The molecule has 0 aliphatic heterocycles. The van der Waals surface area contributed by atoms with Gasteiger partial charge in [0.2, 0.25) is 5.91 Å². The van der Waals surface area contributed by atoms with Gasteiger partial charge in [-0.2, -0.15) is 0 Å². The third kappa shape index (κ3) is 8.43. The molecule has 3 N–H and O–H groups in total. The van der Waals surface area contributed by atoms with E-state index < -0.39 is 0 Å². The molecule has 0 spiro atoms. The van der Waals surface area contributed by atoms with Crippen LogP contribution in [0.2, 0.25) is 0 Å². The number of carbonyl (C=O) groups is 1. The van der Waals surface area contributed by atoms with Crippen molar-refractivity contribution in [2.75, 3.05) is 32.1 Å². The second-order valence-corrected chi connectivity index (χ2v) is 6.88. The van der Waals surface area contributed by atoms with Gasteiger partial charge in [-0.25, -0.2) is 4.99 Å². The maximum absolute atomic E-state index is 11.1. The largest absolute Gasteiger partial charge is 0.497 e. The molecule has 0 fully saturated rings. The van der Waals surface area contributed by atoms with Gasteiger partial charge in [0.05, 0.1) is 13.7 Å². The van der Waals surface area contributed by atoms with E-state index in [1.165, 1.54) is 12.5 Å². The summed E-state index contributed by atoms with van der Waals surface area (Å²) >= 11 is 0. The molecule has 1 unspecified atom stereocenters. The number of ether oxygens (including phenoxy) is 2. The molecule has 0 aromatic heterocycles. The summed E-state index contributed by atoms with van der Waals surface area (Å²) in [6.07, 6.45) is 0.773. The van der Waals surface area contributed by atoms with Gasteiger partial charge in [-0.15, -0.1) is 0 Å². The van der Waals surface area contributed by atoms with Crippen LogP contribution < -0.4 is 25.4 Å². The first-order valence-corrected chi connectivity index (χ1v) is 10.2. The van der Waals surface area contributed by atoms with Gasteiger partial charge in [-0.3, -0.25) is 4.79 Å². The number of hydrogen-bond acceptors (Lipinski definition) is 4. The van der Waals surface area contributed by atoms with Crippen LogP contribution >= 0.6 is 0 Å². The van der Waals surface area contributed by atoms with Crippen LogP contribution in [-0.2, 0) is 11.2 Å². The molecular weight excluding hydrogens is 380 g/mol. The maximum Gasteiger partial charge on any atom is 0.221 e. The van der Waals surface area contributed by atoms with Crippen molar-refractivity contribution in [3.8, 4) is 11.5 Å². The van der Waals surface area contributed by atoms with E-state index in [4.69, 9.17) is 9.47 Å². The summed E-state index contributed by atoms with van der Waals surface area (Å²) < 4.78 is 11.1. The number of rotatable bonds is 10. The molecule has 0 aliphatic rings. The van der Waals surface area contributed by atoms with Crippen LogP contribution in [0.1, 0.15) is 26.3 Å². The third-order valence-electron chi connectivity index (χ3n) is 4.21. The Balaban J connectivity index is 1.82. The summed E-state index contributed by atoms with van der Waals surface area (Å²) in [4.78, 5) is 15.7. The van der Waals surface area contributed by atoms with Crippen molar-refractivity contribution >= 4 is 17.6 Å². The van der Waals surface area contributed by atoms with Crippen LogP contribution in [0.3, 0.4) is 0 Å². The van der Waals surface area contributed by atoms with Crippen LogP contribution in [0, 0.1) is 0 Å². The van der Waals surface area contributed by atoms with Crippen molar-refractivity contribution in [1.29, 1.82) is 0 Å². The Morgan fingerprint density at radius 1 is 1.10 bits per heavy atom. The van der Waals surface area contributed by atoms with E-state index >= 15 is 0 Å². The van der Waals surface area contributed by atoms with Gasteiger partial charge in [-0.1, -0.05) is 18.2 Å². The van der Waals surface area contributed by atoms with Crippen molar-refractivity contribution < 1.29 is 14.3 Å². The van der Waals surface area contributed by atoms with Gasteiger partial charge in [0, 0.05) is 31.8 Å². The fourth-order valence-electron chi connectivity index (χ4n) is 2.79. The van der Waals surface area contributed by atoms with Crippen LogP contribution in [-0.4, -0.2) is 44.7 Å². The number of amides is 1. The summed E-state index contributed by atoms with van der Waals surface area (Å²) in [6, 6.07) is 15.4. The van der Waals surface area contributed by atoms with E-state index in [-0.39, 0.29) is 12.0 Å². The quantitative estimate of drug-likeness (QED) is 0.412. The van der Waals surface area contributed by atoms with Crippen LogP contribution in [0.5, 0.6) is 11.5 Å². The van der Waals surface area contributed by atoms with E-state index in [1.54, 1.807) is 7.11 Å². The van der Waals surface area contributed by atoms with Gasteiger partial charge in [0.1, 0.15) is 17.6 Å². The molecular formula is C23H32N4O3. The van der Waals surface area contributed by atoms with Gasteiger partial charge >= 0.3 is 0 Å². The summed E-state index contributed by atoms with van der Waals surface area (Å²) in [7, 11) is 1.64. The van der Waals surface area contributed by atoms with Crippen molar-refractivity contribution in [1.82, 2.24) is 10.6 Å². The van der Waals surface area contributed by atoms with E-state index in [9.17, 15) is 4.79 Å². The van der Waals surface area contributed by atoms with E-state index in [0.29, 0.717) is 6.54 Å². The molecule has 0 heterocycles. The number of aliphatic imine (C=N–C) groups is 1. The number of methoxy groups -OCH3 is 1. The van der Waals surface area contributed by atoms with E-state index in [2.05, 4.69) is 20.9 Å². The minimum atomic E-state index is -0.0751. The molecule has 162 valence electrons. The zero-order valence-electron chi connectivity index (χ0n) is 18.2. The molecule has 1 amide bonds. The normalized spacial score (nSPS) is 12.1. The van der Waals surface area contributed by atoms with Crippen LogP contribution in [0.25, 0.3) is 0 Å². The number of hydrogen-bond donors (Lipinski definition) is 3. The van der Waals surface area contributed by atoms with Gasteiger partial charge in [-0.05, 0) is 50.1 Å². The van der Waals surface area contributed by atoms with Gasteiger partial charge in [0.15, 0.2) is 5.96 Å². The van der Waals surface area contributed by atoms with Crippen molar-refractivity contribution in [2.45, 2.75) is 33.3 Å². The predicted octanol–water partition coefficient (Wildman–Crippen LogP) is 3.22. The highest BCUT2D eigenvalue weighted by atomic mass is 16.5. The van der Waals surface area contributed by atoms with Crippen molar-refractivity contribution in [3.05, 3.63) is 54.1 Å². The Hall–Kier alpha value is -3.22. The smallest absolute Gasteiger partial charge is 0.221 e. The Bertz CT molecular complexity index is 821. The molecule has 0 aliphatic carbocycles. The van der Waals surface area contributed by atoms with Crippen LogP contribution in [0.15, 0.2) is 53.5 Å². The molecule has 0 saturated heterocycles. The molecule has 0 radical (unpaired) electrons. The SMILES string of the molecule is CCNC(=NCC(C)Oc1cccc(OC)c1)NCCc1ccc(NC(C)=O)cc1. The summed E-state index contributed by atoms with van der Waals surface area (Å²) in [5, 5.41) is 9.37. The zero-order valence-corrected chi connectivity index (χ0v) is 18.2. The Kier molecular flexibility index (Phi) is 9.51. The second kappa shape index (κ2) is 12.4. The Morgan fingerprint density at radius 3 is 2.50 bits per heavy atom. The fourth-order valence-corrected chi connectivity index (χ4v) is 2.79. The first-order valence-electron chi connectivity index (χ1n) is 10.2. The number of nitrogens with one attached hydrogen (secondary N) is 3. The molecule has 1 atom stereocenters. The minimum Gasteiger partial charge on any atom is -0.497 e. The Morgan fingerprint density at radius 2 is 1.83 bits per heavy atom. The second-order valence-electron chi connectivity index (χ2n) is 6.88. The molecule has 7 heteroatoms. The number of nitrogens with zero attached hydrogens (tertiary/aromatic N) is 1. The van der Waals surface area contributed by atoms with E-state index in [1.807, 2.05) is 62.4 Å². The zero-order chi connectivity index (χ0) is 21.8. The molecule has 2 aromatic carbocycles. The van der Waals surface area contributed by atoms with Gasteiger partial charge < -0.3 is 25.4 Å². The topological polar surface area (TPSA) is 84.0 Å². The van der Waals surface area contributed by atoms with Crippen molar-refractivity contribution in [2.24, 2.45) is 4.99 Å². The Labute approximate surface area is 178 Å². The first-order chi connectivity index (χ1) is 14.5. The summed E-state index contributed by atoms with van der Waals surface area (Å²) in [6.45, 7) is 7.58. The van der Waals surface area contributed by atoms with Crippen molar-refractivity contribution in [3.63, 3.8) is 0 Å². The molecule has 7 nitrogen and oxygen atoms in total. The van der Waals surface area contributed by atoms with Gasteiger partial charge in [0.25, 0.3) is 0 Å². The lowest BCUT2D eigenvalue weighted by Crippen LogP contribution is -2.39. The number of anilines is 1. The van der Waals surface area contributed by atoms with E-state index in [0.717, 1.165) is 42.7 Å². The fraction of sp³-hybridized carbons (Fsp3) is 0.391. The standard InChI is InChI=1S/C23H32N4O3/c1-5-24-23(25-14-13-19-9-11-20(12-10-19)27-18(3)28)26-16-17(2)30-22-8-6-7-21(15-22)29-4/h6-12,15,17H,5,13-14,16H2,1-4H3,(H,27,28)(H2,24,25,26). The molecule has 0 saturated carbocycles. The average molecular weight is 413 g/mol. The highest BCUT2D eigenvalue weighted by Crippen LogP contribution is 2.19. The monoisotopic (exact) mass is 412 g/mol. The molecule has 0 bridgehead atoms. The third-order valence-corrected chi connectivity index (χ3v) is 4.21.